The summed E-state index contributed by atoms with van der Waals surface area (Å²) >= 11 is 5.77. The Morgan fingerprint density at radius 3 is 2.59 bits per heavy atom. The number of ether oxygens (including phenoxy) is 1. The highest BCUT2D eigenvalue weighted by molar-refractivity contribution is 6.17. The van der Waals surface area contributed by atoms with Crippen molar-refractivity contribution in [1.29, 1.82) is 0 Å². The van der Waals surface area contributed by atoms with Crippen LogP contribution in [0.5, 0.6) is 5.88 Å². The minimum absolute atomic E-state index is 0.269. The van der Waals surface area contributed by atoms with Crippen LogP contribution in [0.1, 0.15) is 5.56 Å². The van der Waals surface area contributed by atoms with Gasteiger partial charge in [0.25, 0.3) is 0 Å². The topological polar surface area (TPSA) is 22.1 Å². The van der Waals surface area contributed by atoms with E-state index in [2.05, 4.69) is 4.98 Å². The summed E-state index contributed by atoms with van der Waals surface area (Å²) in [7, 11) is 1.55. The molecule has 0 saturated heterocycles. The van der Waals surface area contributed by atoms with Gasteiger partial charge >= 0.3 is 0 Å². The molecule has 0 N–H and O–H groups in total. The van der Waals surface area contributed by atoms with E-state index in [-0.39, 0.29) is 5.82 Å². The summed E-state index contributed by atoms with van der Waals surface area (Å²) in [5.41, 5.74) is 2.56. The molecule has 0 radical (unpaired) electrons. The summed E-state index contributed by atoms with van der Waals surface area (Å²) in [5.74, 6) is 0.616. The average molecular weight is 252 g/mol. The maximum atomic E-state index is 12.9. The van der Waals surface area contributed by atoms with E-state index in [0.29, 0.717) is 11.8 Å². The molecule has 17 heavy (non-hydrogen) atoms. The van der Waals surface area contributed by atoms with Crippen molar-refractivity contribution in [3.63, 3.8) is 0 Å². The van der Waals surface area contributed by atoms with E-state index < -0.39 is 0 Å². The molecule has 1 aromatic heterocycles. The lowest BCUT2D eigenvalue weighted by Crippen LogP contribution is -1.93. The molecule has 2 aromatic rings. The molecule has 1 aromatic carbocycles. The summed E-state index contributed by atoms with van der Waals surface area (Å²) < 4.78 is 18.0. The van der Waals surface area contributed by atoms with Crippen LogP contribution in [0.4, 0.5) is 4.39 Å². The molecular formula is C13H11ClFNO. The van der Waals surface area contributed by atoms with Gasteiger partial charge in [-0.05, 0) is 29.3 Å². The van der Waals surface area contributed by atoms with Crippen LogP contribution in [0, 0.1) is 5.82 Å². The summed E-state index contributed by atoms with van der Waals surface area (Å²) in [6.45, 7) is 0. The highest BCUT2D eigenvalue weighted by Crippen LogP contribution is 2.29. The van der Waals surface area contributed by atoms with Crippen molar-refractivity contribution in [2.24, 2.45) is 0 Å². The first-order valence-corrected chi connectivity index (χ1v) is 5.63. The van der Waals surface area contributed by atoms with Gasteiger partial charge in [0, 0.05) is 17.6 Å². The molecule has 0 aliphatic heterocycles. The van der Waals surface area contributed by atoms with Crippen LogP contribution in [0.2, 0.25) is 0 Å². The van der Waals surface area contributed by atoms with Gasteiger partial charge in [-0.3, -0.25) is 0 Å². The Kier molecular flexibility index (Phi) is 3.59. The molecule has 0 saturated carbocycles. The van der Waals surface area contributed by atoms with Crippen molar-refractivity contribution in [1.82, 2.24) is 4.98 Å². The number of hydrogen-bond donors (Lipinski definition) is 0. The van der Waals surface area contributed by atoms with Gasteiger partial charge in [-0.2, -0.15) is 0 Å². The van der Waals surface area contributed by atoms with E-state index in [0.717, 1.165) is 16.7 Å². The summed E-state index contributed by atoms with van der Waals surface area (Å²) in [4.78, 5) is 4.17. The molecular weight excluding hydrogens is 241 g/mol. The SMILES string of the molecule is COc1ncc(CCl)cc1-c1ccc(F)cc1. The zero-order valence-corrected chi connectivity index (χ0v) is 10.0. The lowest BCUT2D eigenvalue weighted by molar-refractivity contribution is 0.399. The smallest absolute Gasteiger partial charge is 0.221 e. The standard InChI is InChI=1S/C13H11ClFNO/c1-17-13-12(6-9(7-14)8-16-13)10-2-4-11(15)5-3-10/h2-6,8H,7H2,1H3. The van der Waals surface area contributed by atoms with E-state index in [1.165, 1.54) is 12.1 Å². The van der Waals surface area contributed by atoms with E-state index in [1.54, 1.807) is 25.4 Å². The van der Waals surface area contributed by atoms with Gasteiger partial charge in [0.15, 0.2) is 0 Å². The fourth-order valence-electron chi connectivity index (χ4n) is 1.57. The predicted octanol–water partition coefficient (Wildman–Crippen LogP) is 3.64. The zero-order chi connectivity index (χ0) is 12.3. The van der Waals surface area contributed by atoms with E-state index in [1.807, 2.05) is 6.07 Å². The number of pyridine rings is 1. The number of halogens is 2. The monoisotopic (exact) mass is 251 g/mol. The van der Waals surface area contributed by atoms with Crippen molar-refractivity contribution in [3.8, 4) is 17.0 Å². The van der Waals surface area contributed by atoms with Crippen molar-refractivity contribution in [2.45, 2.75) is 5.88 Å². The summed E-state index contributed by atoms with van der Waals surface area (Å²) in [6, 6.07) is 8.08. The highest BCUT2D eigenvalue weighted by Gasteiger charge is 2.08. The molecule has 0 unspecified atom stereocenters. The molecule has 0 aliphatic carbocycles. The third-order valence-electron chi connectivity index (χ3n) is 2.41. The molecule has 4 heteroatoms. The fourth-order valence-corrected chi connectivity index (χ4v) is 1.71. The molecule has 0 fully saturated rings. The Balaban J connectivity index is 2.51. The van der Waals surface area contributed by atoms with Gasteiger partial charge in [-0.15, -0.1) is 11.6 Å². The first kappa shape index (κ1) is 11.9. The molecule has 0 amide bonds. The number of nitrogens with zero attached hydrogens (tertiary/aromatic N) is 1. The van der Waals surface area contributed by atoms with Crippen LogP contribution < -0.4 is 4.74 Å². The number of benzene rings is 1. The predicted molar refractivity (Wildman–Crippen MR) is 65.7 cm³/mol. The Morgan fingerprint density at radius 2 is 2.00 bits per heavy atom. The van der Waals surface area contributed by atoms with Crippen molar-refractivity contribution in [2.75, 3.05) is 7.11 Å². The minimum Gasteiger partial charge on any atom is -0.481 e. The molecule has 0 aliphatic rings. The van der Waals surface area contributed by atoms with Crippen LogP contribution in [0.25, 0.3) is 11.1 Å². The molecule has 0 bridgehead atoms. The van der Waals surface area contributed by atoms with Crippen LogP contribution >= 0.6 is 11.6 Å². The second-order valence-corrected chi connectivity index (χ2v) is 3.81. The van der Waals surface area contributed by atoms with Gasteiger partial charge in [-0.25, -0.2) is 9.37 Å². The molecule has 0 spiro atoms. The largest absolute Gasteiger partial charge is 0.481 e. The van der Waals surface area contributed by atoms with Crippen LogP contribution in [-0.4, -0.2) is 12.1 Å². The fraction of sp³-hybridized carbons (Fsp3) is 0.154. The van der Waals surface area contributed by atoms with Gasteiger partial charge in [0.1, 0.15) is 5.82 Å². The number of rotatable bonds is 3. The van der Waals surface area contributed by atoms with E-state index in [9.17, 15) is 4.39 Å². The third-order valence-corrected chi connectivity index (χ3v) is 2.72. The second-order valence-electron chi connectivity index (χ2n) is 3.54. The van der Waals surface area contributed by atoms with Gasteiger partial charge < -0.3 is 4.74 Å². The van der Waals surface area contributed by atoms with Gasteiger partial charge in [0.2, 0.25) is 5.88 Å². The van der Waals surface area contributed by atoms with Gasteiger partial charge in [-0.1, -0.05) is 12.1 Å². The van der Waals surface area contributed by atoms with E-state index in [4.69, 9.17) is 16.3 Å². The summed E-state index contributed by atoms with van der Waals surface area (Å²) in [6.07, 6.45) is 1.67. The Hall–Kier alpha value is -1.61. The van der Waals surface area contributed by atoms with Crippen LogP contribution in [-0.2, 0) is 5.88 Å². The van der Waals surface area contributed by atoms with Gasteiger partial charge in [0.05, 0.1) is 7.11 Å². The summed E-state index contributed by atoms with van der Waals surface area (Å²) in [5, 5.41) is 0. The number of hydrogen-bond acceptors (Lipinski definition) is 2. The average Bonchev–Trinajstić information content (AvgIpc) is 2.39. The molecule has 0 atom stereocenters. The lowest BCUT2D eigenvalue weighted by atomic mass is 10.1. The maximum Gasteiger partial charge on any atom is 0.221 e. The Bertz CT molecular complexity index is 513. The van der Waals surface area contributed by atoms with Crippen molar-refractivity contribution >= 4 is 11.6 Å². The molecule has 2 nitrogen and oxygen atoms in total. The normalized spacial score (nSPS) is 10.3. The zero-order valence-electron chi connectivity index (χ0n) is 9.28. The van der Waals surface area contributed by atoms with Crippen LogP contribution in [0.15, 0.2) is 36.5 Å². The molecule has 1 heterocycles. The number of methoxy groups -OCH3 is 1. The highest BCUT2D eigenvalue weighted by atomic mass is 35.5. The number of alkyl halides is 1. The molecule has 88 valence electrons. The van der Waals surface area contributed by atoms with E-state index >= 15 is 0 Å². The Morgan fingerprint density at radius 1 is 1.29 bits per heavy atom. The van der Waals surface area contributed by atoms with Crippen molar-refractivity contribution < 1.29 is 9.13 Å². The van der Waals surface area contributed by atoms with Crippen molar-refractivity contribution in [3.05, 3.63) is 47.9 Å². The number of aromatic nitrogens is 1. The first-order chi connectivity index (χ1) is 8.24. The molecule has 2 rings (SSSR count). The Labute approximate surface area is 104 Å². The maximum absolute atomic E-state index is 12.9. The first-order valence-electron chi connectivity index (χ1n) is 5.09. The minimum atomic E-state index is -0.269. The second kappa shape index (κ2) is 5.15. The lowest BCUT2D eigenvalue weighted by Gasteiger charge is -2.08. The van der Waals surface area contributed by atoms with Crippen LogP contribution in [0.3, 0.4) is 0 Å². The third kappa shape index (κ3) is 2.56. The quantitative estimate of drug-likeness (QED) is 0.777.